The molecule has 1 aromatic heterocycles. The highest BCUT2D eigenvalue weighted by molar-refractivity contribution is 7.90. The SMILES string of the molecule is CC(C)/N=c1\cc2n(-c3cccc([S+](C)[O-])c3)c3ccccc3nc-2cc1Nc1cccnc1. The number of nitrogens with one attached hydrogen (secondary N) is 1. The first-order valence-electron chi connectivity index (χ1n) is 11.1. The maximum Gasteiger partial charge on any atom is 0.154 e. The molecule has 0 fully saturated rings. The van der Waals surface area contributed by atoms with Gasteiger partial charge in [0.05, 0.1) is 51.0 Å². The molecule has 0 amide bonds. The lowest BCUT2D eigenvalue weighted by Crippen LogP contribution is -2.16. The molecule has 0 radical (unpaired) electrons. The van der Waals surface area contributed by atoms with Crippen molar-refractivity contribution in [2.45, 2.75) is 24.8 Å². The molecule has 2 aromatic carbocycles. The Bertz CT molecular complexity index is 1490. The molecule has 0 saturated carbocycles. The summed E-state index contributed by atoms with van der Waals surface area (Å²) in [5.41, 5.74) is 6.28. The van der Waals surface area contributed by atoms with Gasteiger partial charge in [0.1, 0.15) is 6.26 Å². The van der Waals surface area contributed by atoms with Gasteiger partial charge >= 0.3 is 0 Å². The molecule has 1 N–H and O–H groups in total. The van der Waals surface area contributed by atoms with Crippen molar-refractivity contribution in [1.82, 2.24) is 14.5 Å². The second kappa shape index (κ2) is 9.29. The lowest BCUT2D eigenvalue weighted by atomic mass is 10.1. The van der Waals surface area contributed by atoms with E-state index in [1.54, 1.807) is 18.6 Å². The number of pyridine rings is 1. The van der Waals surface area contributed by atoms with Crippen LogP contribution < -0.4 is 10.7 Å². The van der Waals surface area contributed by atoms with Crippen LogP contribution in [0.25, 0.3) is 28.1 Å². The summed E-state index contributed by atoms with van der Waals surface area (Å²) in [7, 11) is 0. The molecule has 0 bridgehead atoms. The first-order valence-corrected chi connectivity index (χ1v) is 12.7. The smallest absolute Gasteiger partial charge is 0.154 e. The van der Waals surface area contributed by atoms with Gasteiger partial charge in [-0.15, -0.1) is 0 Å². The number of aromatic nitrogens is 3. The minimum Gasteiger partial charge on any atom is -0.612 e. The Labute approximate surface area is 201 Å². The fourth-order valence-corrected chi connectivity index (χ4v) is 4.56. The maximum atomic E-state index is 12.2. The van der Waals surface area contributed by atoms with Gasteiger partial charge in [0, 0.05) is 18.3 Å². The molecule has 1 aliphatic heterocycles. The topological polar surface area (TPSA) is 78.2 Å². The van der Waals surface area contributed by atoms with Gasteiger partial charge < -0.3 is 14.4 Å². The Morgan fingerprint density at radius 2 is 1.85 bits per heavy atom. The van der Waals surface area contributed by atoms with Gasteiger partial charge in [0.25, 0.3) is 0 Å². The van der Waals surface area contributed by atoms with Gasteiger partial charge in [-0.1, -0.05) is 18.2 Å². The highest BCUT2D eigenvalue weighted by Crippen LogP contribution is 2.31. The monoisotopic (exact) mass is 467 g/mol. The summed E-state index contributed by atoms with van der Waals surface area (Å²) in [6.45, 7) is 4.12. The van der Waals surface area contributed by atoms with Crippen LogP contribution in [0.1, 0.15) is 13.8 Å². The van der Waals surface area contributed by atoms with Gasteiger partial charge in [0.15, 0.2) is 4.90 Å². The van der Waals surface area contributed by atoms with E-state index in [4.69, 9.17) is 9.98 Å². The number of nitrogens with zero attached hydrogens (tertiary/aromatic N) is 4. The summed E-state index contributed by atoms with van der Waals surface area (Å²) in [5, 5.41) is 4.30. The van der Waals surface area contributed by atoms with Gasteiger partial charge in [-0.05, 0) is 73.6 Å². The molecule has 7 heteroatoms. The van der Waals surface area contributed by atoms with Crippen LogP contribution in [0.3, 0.4) is 0 Å². The zero-order valence-electron chi connectivity index (χ0n) is 19.3. The first-order chi connectivity index (χ1) is 16.5. The molecule has 1 atom stereocenters. The summed E-state index contributed by atoms with van der Waals surface area (Å²) in [4.78, 5) is 14.9. The largest absolute Gasteiger partial charge is 0.612 e. The second-order valence-electron chi connectivity index (χ2n) is 8.34. The number of fused-ring (bicyclic) bond motifs is 2. The quantitative estimate of drug-likeness (QED) is 0.280. The highest BCUT2D eigenvalue weighted by atomic mass is 32.2. The summed E-state index contributed by atoms with van der Waals surface area (Å²) in [6.07, 6.45) is 5.23. The molecular formula is C27H25N5OS. The molecule has 1 unspecified atom stereocenters. The lowest BCUT2D eigenvalue weighted by molar-refractivity contribution is 0.601. The van der Waals surface area contributed by atoms with Crippen molar-refractivity contribution in [2.75, 3.05) is 11.6 Å². The van der Waals surface area contributed by atoms with E-state index in [9.17, 15) is 4.55 Å². The zero-order chi connectivity index (χ0) is 23.7. The fourth-order valence-electron chi connectivity index (χ4n) is 4.00. The van der Waals surface area contributed by atoms with Crippen molar-refractivity contribution >= 4 is 33.6 Å². The molecule has 0 spiro atoms. The van der Waals surface area contributed by atoms with Crippen LogP contribution in [-0.4, -0.2) is 31.4 Å². The summed E-state index contributed by atoms with van der Waals surface area (Å²) < 4.78 is 14.4. The van der Waals surface area contributed by atoms with Crippen molar-refractivity contribution in [3.8, 4) is 17.1 Å². The molecule has 170 valence electrons. The van der Waals surface area contributed by atoms with E-state index < -0.39 is 11.2 Å². The van der Waals surface area contributed by atoms with Gasteiger partial charge in [-0.2, -0.15) is 0 Å². The predicted molar refractivity (Wildman–Crippen MR) is 138 cm³/mol. The third-order valence-electron chi connectivity index (χ3n) is 5.44. The predicted octanol–water partition coefficient (Wildman–Crippen LogP) is 5.32. The number of hydrogen-bond acceptors (Lipinski definition) is 5. The van der Waals surface area contributed by atoms with Crippen molar-refractivity contribution in [2.24, 2.45) is 4.99 Å². The van der Waals surface area contributed by atoms with Crippen molar-refractivity contribution < 1.29 is 4.55 Å². The normalized spacial score (nSPS) is 13.0. The Morgan fingerprint density at radius 1 is 1.00 bits per heavy atom. The highest BCUT2D eigenvalue weighted by Gasteiger charge is 2.18. The molecule has 34 heavy (non-hydrogen) atoms. The molecule has 2 heterocycles. The van der Waals surface area contributed by atoms with Crippen LogP contribution in [0.4, 0.5) is 11.4 Å². The molecule has 1 aliphatic carbocycles. The van der Waals surface area contributed by atoms with Gasteiger partial charge in [0.2, 0.25) is 0 Å². The minimum atomic E-state index is -1.08. The first kappa shape index (κ1) is 22.1. The Kier molecular flexibility index (Phi) is 6.04. The molecule has 3 aromatic rings. The summed E-state index contributed by atoms with van der Waals surface area (Å²) in [6, 6.07) is 24.0. The van der Waals surface area contributed by atoms with Crippen molar-refractivity contribution in [3.05, 3.63) is 90.5 Å². The van der Waals surface area contributed by atoms with Crippen LogP contribution in [0, 0.1) is 0 Å². The van der Waals surface area contributed by atoms with Crippen molar-refractivity contribution in [3.63, 3.8) is 0 Å². The van der Waals surface area contributed by atoms with E-state index >= 15 is 0 Å². The van der Waals surface area contributed by atoms with Crippen LogP contribution >= 0.6 is 0 Å². The molecular weight excluding hydrogens is 442 g/mol. The Balaban J connectivity index is 1.83. The van der Waals surface area contributed by atoms with Crippen LogP contribution in [-0.2, 0) is 11.2 Å². The van der Waals surface area contributed by atoms with Gasteiger partial charge in [-0.3, -0.25) is 9.98 Å². The Morgan fingerprint density at radius 3 is 2.62 bits per heavy atom. The van der Waals surface area contributed by atoms with Crippen LogP contribution in [0.15, 0.2) is 95.1 Å². The van der Waals surface area contributed by atoms with E-state index in [1.807, 2.05) is 60.7 Å². The Hall–Kier alpha value is -3.68. The number of rotatable bonds is 5. The third kappa shape index (κ3) is 4.40. The van der Waals surface area contributed by atoms with Crippen LogP contribution in [0.2, 0.25) is 0 Å². The van der Waals surface area contributed by atoms with E-state index in [1.165, 1.54) is 0 Å². The van der Waals surface area contributed by atoms with Gasteiger partial charge in [-0.25, -0.2) is 4.98 Å². The average molecular weight is 468 g/mol. The fraction of sp³-hybridized carbons (Fsp3) is 0.148. The zero-order valence-corrected chi connectivity index (χ0v) is 20.1. The molecule has 6 nitrogen and oxygen atoms in total. The number of benzene rings is 3. The molecule has 5 rings (SSSR count). The third-order valence-corrected chi connectivity index (χ3v) is 6.36. The van der Waals surface area contributed by atoms with E-state index in [0.29, 0.717) is 0 Å². The van der Waals surface area contributed by atoms with E-state index in [0.717, 1.165) is 49.7 Å². The number of hydrogen-bond donors (Lipinski definition) is 1. The van der Waals surface area contributed by atoms with E-state index in [2.05, 4.69) is 40.8 Å². The van der Waals surface area contributed by atoms with Crippen molar-refractivity contribution in [1.29, 1.82) is 0 Å². The second-order valence-corrected chi connectivity index (χ2v) is 9.71. The minimum absolute atomic E-state index is 0.111. The lowest BCUT2D eigenvalue weighted by Gasteiger charge is -2.21. The number of para-hydroxylation sites is 2. The summed E-state index contributed by atoms with van der Waals surface area (Å²) in [5.74, 6) is 0. The molecule has 2 aliphatic rings. The molecule has 0 saturated heterocycles. The maximum absolute atomic E-state index is 12.2. The number of anilines is 2. The van der Waals surface area contributed by atoms with Crippen LogP contribution in [0.5, 0.6) is 0 Å². The average Bonchev–Trinajstić information content (AvgIpc) is 2.83. The summed E-state index contributed by atoms with van der Waals surface area (Å²) >= 11 is -1.08. The standard InChI is InChI=1S/C27H25N5OS/c1-18(2)29-24-16-27-25(15-23(24)30-19-8-7-13-28-17-19)31-22-11-4-5-12-26(22)32(27)20-9-6-10-21(14-20)34(3)33/h4-18,30H,1-3H3/b29-24+. The van der Waals surface area contributed by atoms with E-state index in [-0.39, 0.29) is 6.04 Å².